The van der Waals surface area contributed by atoms with E-state index in [2.05, 4.69) is 41.5 Å². The standard InChI is InChI=1S/C38H55NO9Si/c1-28(2)49(29(3)4,30(5)6)48-24-16-23-38(34(43-7)35(40)44-8)22-15-21-33(27-47-37(42)46-26-32-19-13-10-14-20-32)39(38)36(41)45-25-31-17-11-9-12-18-31/h9-15,17-20,22,28-30,33-34H,16,21,23-27H2,1-8H3/t33-,34?,38+/m1/s1. The van der Waals surface area contributed by atoms with E-state index >= 15 is 0 Å². The van der Waals surface area contributed by atoms with E-state index in [1.54, 1.807) is 0 Å². The molecule has 0 aliphatic carbocycles. The minimum atomic E-state index is -2.18. The van der Waals surface area contributed by atoms with Crippen LogP contribution in [0.2, 0.25) is 16.6 Å². The van der Waals surface area contributed by atoms with Gasteiger partial charge in [-0.2, -0.15) is 0 Å². The lowest BCUT2D eigenvalue weighted by Gasteiger charge is -2.50. The number of carbonyl (C=O) groups is 3. The van der Waals surface area contributed by atoms with Gasteiger partial charge in [0.2, 0.25) is 0 Å². The summed E-state index contributed by atoms with van der Waals surface area (Å²) in [7, 11) is 0.517. The number of amides is 1. The van der Waals surface area contributed by atoms with Gasteiger partial charge in [-0.15, -0.1) is 0 Å². The van der Waals surface area contributed by atoms with Gasteiger partial charge in [-0.05, 0) is 47.0 Å². The van der Waals surface area contributed by atoms with Crippen LogP contribution in [0.3, 0.4) is 0 Å². The smallest absolute Gasteiger partial charge is 0.467 e. The van der Waals surface area contributed by atoms with Gasteiger partial charge in [0.15, 0.2) is 14.4 Å². The number of ether oxygens (including phenoxy) is 5. The van der Waals surface area contributed by atoms with Crippen molar-refractivity contribution in [1.29, 1.82) is 0 Å². The second kappa shape index (κ2) is 18.9. The highest BCUT2D eigenvalue weighted by atomic mass is 28.4. The Balaban J connectivity index is 1.93. The molecule has 0 aromatic heterocycles. The molecular weight excluding hydrogens is 643 g/mol. The Labute approximate surface area is 293 Å². The predicted molar refractivity (Wildman–Crippen MR) is 190 cm³/mol. The molecule has 3 atom stereocenters. The highest BCUT2D eigenvalue weighted by molar-refractivity contribution is 6.77. The fraction of sp³-hybridized carbons (Fsp3) is 0.553. The Bertz CT molecular complexity index is 1330. The van der Waals surface area contributed by atoms with E-state index in [1.165, 1.54) is 19.1 Å². The molecule has 1 heterocycles. The molecule has 0 saturated carbocycles. The first-order valence-corrected chi connectivity index (χ1v) is 19.3. The van der Waals surface area contributed by atoms with Crippen LogP contribution >= 0.6 is 0 Å². The molecule has 10 nitrogen and oxygen atoms in total. The third-order valence-electron chi connectivity index (χ3n) is 9.51. The van der Waals surface area contributed by atoms with Crippen molar-refractivity contribution in [2.24, 2.45) is 0 Å². The summed E-state index contributed by atoms with van der Waals surface area (Å²) in [6.45, 7) is 13.7. The van der Waals surface area contributed by atoms with E-state index in [1.807, 2.05) is 72.8 Å². The Morgan fingerprint density at radius 1 is 0.816 bits per heavy atom. The molecule has 1 aliphatic rings. The molecule has 1 amide bonds. The predicted octanol–water partition coefficient (Wildman–Crippen LogP) is 8.21. The van der Waals surface area contributed by atoms with Gasteiger partial charge in [0.05, 0.1) is 13.2 Å². The van der Waals surface area contributed by atoms with Crippen LogP contribution in [0.25, 0.3) is 0 Å². The SMILES string of the molecule is COC(=O)C(OC)[C@@]1(CCCO[Si](C(C)C)(C(C)C)C(C)C)C=CC[C@H](COC(=O)OCc2ccccc2)N1C(=O)OCc1ccccc1. The van der Waals surface area contributed by atoms with Crippen LogP contribution in [-0.4, -0.2) is 76.6 Å². The van der Waals surface area contributed by atoms with Gasteiger partial charge in [-0.25, -0.2) is 14.4 Å². The zero-order chi connectivity index (χ0) is 36.0. The molecule has 0 bridgehead atoms. The molecule has 0 spiro atoms. The monoisotopic (exact) mass is 697 g/mol. The number of hydrogen-bond acceptors (Lipinski definition) is 9. The molecule has 0 N–H and O–H groups in total. The second-order valence-corrected chi connectivity index (χ2v) is 18.9. The average Bonchev–Trinajstić information content (AvgIpc) is 3.09. The van der Waals surface area contributed by atoms with Crippen LogP contribution in [-0.2, 0) is 46.1 Å². The minimum Gasteiger partial charge on any atom is -0.467 e. The van der Waals surface area contributed by atoms with E-state index in [4.69, 9.17) is 28.1 Å². The van der Waals surface area contributed by atoms with Gasteiger partial charge in [-0.3, -0.25) is 4.90 Å². The van der Waals surface area contributed by atoms with Gasteiger partial charge in [0.25, 0.3) is 0 Å². The molecule has 2 aromatic rings. The maximum atomic E-state index is 14.2. The second-order valence-electron chi connectivity index (χ2n) is 13.4. The van der Waals surface area contributed by atoms with Crippen molar-refractivity contribution in [3.05, 3.63) is 83.9 Å². The largest absolute Gasteiger partial charge is 0.508 e. The first-order valence-electron chi connectivity index (χ1n) is 17.2. The van der Waals surface area contributed by atoms with E-state index < -0.39 is 44.2 Å². The highest BCUT2D eigenvalue weighted by Crippen LogP contribution is 2.43. The number of carbonyl (C=O) groups excluding carboxylic acids is 3. The summed E-state index contributed by atoms with van der Waals surface area (Å²) in [5.74, 6) is -0.645. The zero-order valence-electron chi connectivity index (χ0n) is 30.4. The summed E-state index contributed by atoms with van der Waals surface area (Å²) >= 11 is 0. The highest BCUT2D eigenvalue weighted by Gasteiger charge is 2.54. The van der Waals surface area contributed by atoms with Crippen molar-refractivity contribution in [3.63, 3.8) is 0 Å². The van der Waals surface area contributed by atoms with Crippen molar-refractivity contribution >= 4 is 26.5 Å². The van der Waals surface area contributed by atoms with E-state index in [0.717, 1.165) is 11.1 Å². The van der Waals surface area contributed by atoms with Crippen molar-refractivity contribution in [3.8, 4) is 0 Å². The number of hydrogen-bond donors (Lipinski definition) is 0. The average molecular weight is 698 g/mol. The minimum absolute atomic E-state index is 0.00688. The van der Waals surface area contributed by atoms with Crippen LogP contribution in [0.5, 0.6) is 0 Å². The topological polar surface area (TPSA) is 110 Å². The van der Waals surface area contributed by atoms with Gasteiger partial charge < -0.3 is 28.1 Å². The van der Waals surface area contributed by atoms with Crippen molar-refractivity contribution in [2.75, 3.05) is 27.4 Å². The first-order chi connectivity index (χ1) is 23.4. The van der Waals surface area contributed by atoms with Crippen LogP contribution in [0.1, 0.15) is 71.9 Å². The van der Waals surface area contributed by atoms with Gasteiger partial charge in [-0.1, -0.05) is 114 Å². The molecule has 0 saturated heterocycles. The lowest BCUT2D eigenvalue weighted by atomic mass is 9.80. The summed E-state index contributed by atoms with van der Waals surface area (Å²) in [4.78, 5) is 41.8. The van der Waals surface area contributed by atoms with E-state index in [0.29, 0.717) is 42.5 Å². The maximum Gasteiger partial charge on any atom is 0.508 e. The molecular formula is C38H55NO9Si. The quantitative estimate of drug-likeness (QED) is 0.0531. The molecule has 270 valence electrons. The molecule has 0 radical (unpaired) electrons. The number of esters is 1. The molecule has 2 aromatic carbocycles. The van der Waals surface area contributed by atoms with Crippen molar-refractivity contribution < 1.29 is 42.5 Å². The first kappa shape index (κ1) is 39.8. The van der Waals surface area contributed by atoms with Gasteiger partial charge in [0, 0.05) is 13.7 Å². The lowest BCUT2D eigenvalue weighted by Crippen LogP contribution is -2.66. The Morgan fingerprint density at radius 2 is 1.37 bits per heavy atom. The molecule has 0 fully saturated rings. The third-order valence-corrected chi connectivity index (χ3v) is 15.6. The molecule has 1 aliphatic heterocycles. The van der Waals surface area contributed by atoms with Crippen LogP contribution < -0.4 is 0 Å². The summed E-state index contributed by atoms with van der Waals surface area (Å²) in [6, 6.07) is 17.9. The molecule has 11 heteroatoms. The summed E-state index contributed by atoms with van der Waals surface area (Å²) in [6.07, 6.45) is 2.10. The number of benzene rings is 2. The van der Waals surface area contributed by atoms with Crippen molar-refractivity contribution in [2.45, 2.75) is 108 Å². The molecule has 1 unspecified atom stereocenters. The van der Waals surface area contributed by atoms with Crippen LogP contribution in [0.15, 0.2) is 72.8 Å². The van der Waals surface area contributed by atoms with Crippen LogP contribution in [0.4, 0.5) is 9.59 Å². The number of methoxy groups -OCH3 is 2. The third kappa shape index (κ3) is 9.95. The Morgan fingerprint density at radius 3 is 1.88 bits per heavy atom. The number of nitrogens with zero attached hydrogens (tertiary/aromatic N) is 1. The maximum absolute atomic E-state index is 14.2. The summed E-state index contributed by atoms with van der Waals surface area (Å²) in [5, 5.41) is 0. The van der Waals surface area contributed by atoms with Crippen LogP contribution in [0, 0.1) is 0 Å². The summed E-state index contributed by atoms with van der Waals surface area (Å²) < 4.78 is 34.7. The molecule has 3 rings (SSSR count). The fourth-order valence-corrected chi connectivity index (χ4v) is 12.9. The normalized spacial score (nSPS) is 18.4. The number of rotatable bonds is 17. The molecule has 49 heavy (non-hydrogen) atoms. The van der Waals surface area contributed by atoms with E-state index in [9.17, 15) is 14.4 Å². The Hall–Kier alpha value is -3.67. The van der Waals surface area contributed by atoms with Gasteiger partial charge in [0.1, 0.15) is 25.4 Å². The van der Waals surface area contributed by atoms with E-state index in [-0.39, 0.29) is 19.8 Å². The van der Waals surface area contributed by atoms with Gasteiger partial charge >= 0.3 is 18.2 Å². The summed E-state index contributed by atoms with van der Waals surface area (Å²) in [5.41, 5.74) is 1.46. The zero-order valence-corrected chi connectivity index (χ0v) is 31.4. The fourth-order valence-electron chi connectivity index (χ4n) is 7.39. The van der Waals surface area contributed by atoms with Crippen molar-refractivity contribution in [1.82, 2.24) is 4.90 Å². The lowest BCUT2D eigenvalue weighted by molar-refractivity contribution is -0.162. The Kier molecular flexibility index (Phi) is 15.3.